The maximum Gasteiger partial charge on any atom is 0.193 e. The summed E-state index contributed by atoms with van der Waals surface area (Å²) in [7, 11) is 1.89. The van der Waals surface area contributed by atoms with Crippen LogP contribution >= 0.6 is 11.8 Å². The summed E-state index contributed by atoms with van der Waals surface area (Å²) in [6.45, 7) is 2.06. The minimum Gasteiger partial charge on any atom is -0.370 e. The zero-order valence-corrected chi connectivity index (χ0v) is 10.2. The summed E-state index contributed by atoms with van der Waals surface area (Å²) in [6.07, 6.45) is 0.907. The topological polar surface area (TPSA) is 106 Å². The van der Waals surface area contributed by atoms with E-state index < -0.39 is 0 Å². The molecule has 0 aliphatic rings. The highest BCUT2D eigenvalue weighted by atomic mass is 32.2. The molecular formula is C9H16N6S. The highest BCUT2D eigenvalue weighted by Gasteiger charge is 2.05. The van der Waals surface area contributed by atoms with Gasteiger partial charge in [-0.15, -0.1) is 0 Å². The summed E-state index contributed by atoms with van der Waals surface area (Å²) in [6, 6.07) is 2.02. The molecule has 0 fully saturated rings. The van der Waals surface area contributed by atoms with Crippen molar-refractivity contribution in [3.63, 3.8) is 0 Å². The number of thioether (sulfide) groups is 1. The van der Waals surface area contributed by atoms with Crippen LogP contribution in [0.25, 0.3) is 0 Å². The van der Waals surface area contributed by atoms with Gasteiger partial charge in [0.25, 0.3) is 0 Å². The number of nitrogens with zero attached hydrogens (tertiary/aromatic N) is 3. The molecule has 16 heavy (non-hydrogen) atoms. The van der Waals surface area contributed by atoms with Gasteiger partial charge in [-0.25, -0.2) is 0 Å². The summed E-state index contributed by atoms with van der Waals surface area (Å²) >= 11 is 1.27. The summed E-state index contributed by atoms with van der Waals surface area (Å²) in [4.78, 5) is 3.64. The van der Waals surface area contributed by atoms with E-state index in [4.69, 9.17) is 16.9 Å². The number of aliphatic imine (C=N–C) groups is 1. The van der Waals surface area contributed by atoms with Crippen LogP contribution in [0.4, 0.5) is 0 Å². The van der Waals surface area contributed by atoms with Gasteiger partial charge in [0.1, 0.15) is 0 Å². The molecule has 0 aliphatic heterocycles. The van der Waals surface area contributed by atoms with E-state index >= 15 is 0 Å². The molecule has 1 aromatic rings. The van der Waals surface area contributed by atoms with Crippen molar-refractivity contribution < 1.29 is 0 Å². The fraction of sp³-hybridized carbons (Fsp3) is 0.444. The first kappa shape index (κ1) is 12.6. The Hall–Kier alpha value is -1.50. The van der Waals surface area contributed by atoms with Gasteiger partial charge >= 0.3 is 0 Å². The second-order valence-electron chi connectivity index (χ2n) is 3.23. The minimum atomic E-state index is -0.0863. The zero-order valence-electron chi connectivity index (χ0n) is 9.40. The smallest absolute Gasteiger partial charge is 0.193 e. The molecule has 0 saturated heterocycles. The predicted octanol–water partition coefficient (Wildman–Crippen LogP) is 0.424. The fourth-order valence-electron chi connectivity index (χ4n) is 1.17. The summed E-state index contributed by atoms with van der Waals surface area (Å²) in [5, 5.41) is 11.9. The molecule has 0 atom stereocenters. The van der Waals surface area contributed by atoms with E-state index in [1.54, 1.807) is 0 Å². The van der Waals surface area contributed by atoms with E-state index in [0.717, 1.165) is 17.8 Å². The molecule has 0 saturated carbocycles. The van der Waals surface area contributed by atoms with Gasteiger partial charge in [-0.3, -0.25) is 10.1 Å². The highest BCUT2D eigenvalue weighted by Crippen LogP contribution is 2.14. The molecule has 5 N–H and O–H groups in total. The van der Waals surface area contributed by atoms with Crippen LogP contribution in [0, 0.1) is 5.41 Å². The molecule has 0 bridgehead atoms. The monoisotopic (exact) mass is 240 g/mol. The fourth-order valence-corrected chi connectivity index (χ4v) is 1.90. The van der Waals surface area contributed by atoms with E-state index in [1.165, 1.54) is 11.8 Å². The summed E-state index contributed by atoms with van der Waals surface area (Å²) in [5.41, 5.74) is 12.4. The Balaban J connectivity index is 2.57. The number of aromatic nitrogens is 2. The number of hydrogen-bond donors (Lipinski definition) is 3. The molecule has 6 nitrogen and oxygen atoms in total. The van der Waals surface area contributed by atoms with E-state index in [-0.39, 0.29) is 11.1 Å². The molecular weight excluding hydrogens is 224 g/mol. The summed E-state index contributed by atoms with van der Waals surface area (Å²) in [5.74, 6) is 0.552. The van der Waals surface area contributed by atoms with Gasteiger partial charge in [-0.2, -0.15) is 10.1 Å². The van der Waals surface area contributed by atoms with Crippen molar-refractivity contribution >= 4 is 22.9 Å². The van der Waals surface area contributed by atoms with E-state index in [9.17, 15) is 0 Å². The standard InChI is InChI=1S/C9H16N6S/c1-3-6-4-7(15(2)14-6)5-16-9(12)13-8(10)11/h4H,3,5H2,1-2H3,(H5,10,11,12,13). The zero-order chi connectivity index (χ0) is 12.1. The third-order valence-electron chi connectivity index (χ3n) is 1.98. The average Bonchev–Trinajstić information content (AvgIpc) is 2.55. The van der Waals surface area contributed by atoms with Crippen molar-refractivity contribution in [2.45, 2.75) is 19.1 Å². The lowest BCUT2D eigenvalue weighted by molar-refractivity contribution is 0.720. The maximum atomic E-state index is 7.48. The van der Waals surface area contributed by atoms with Crippen LogP contribution in [0.5, 0.6) is 0 Å². The first-order valence-electron chi connectivity index (χ1n) is 4.85. The third kappa shape index (κ3) is 3.58. The van der Waals surface area contributed by atoms with Gasteiger partial charge in [0.2, 0.25) is 0 Å². The molecule has 0 spiro atoms. The van der Waals surface area contributed by atoms with Crippen molar-refractivity contribution in [3.8, 4) is 0 Å². The van der Waals surface area contributed by atoms with Crippen LogP contribution in [-0.2, 0) is 19.2 Å². The normalized spacial score (nSPS) is 10.1. The SMILES string of the molecule is CCc1cc(CSC(=N)N=C(N)N)n(C)n1. The Morgan fingerprint density at radius 3 is 2.81 bits per heavy atom. The highest BCUT2D eigenvalue weighted by molar-refractivity contribution is 8.13. The predicted molar refractivity (Wildman–Crippen MR) is 67.4 cm³/mol. The number of amidine groups is 1. The molecule has 0 aromatic carbocycles. The number of aryl methyl sites for hydroxylation is 2. The number of nitrogens with two attached hydrogens (primary N) is 2. The van der Waals surface area contributed by atoms with Crippen molar-refractivity contribution in [2.24, 2.45) is 23.5 Å². The van der Waals surface area contributed by atoms with Gasteiger partial charge in [0, 0.05) is 18.5 Å². The van der Waals surface area contributed by atoms with Crippen molar-refractivity contribution in [3.05, 3.63) is 17.5 Å². The number of hydrogen-bond acceptors (Lipinski definition) is 3. The van der Waals surface area contributed by atoms with Crippen molar-refractivity contribution in [1.82, 2.24) is 9.78 Å². The van der Waals surface area contributed by atoms with Crippen LogP contribution in [0.2, 0.25) is 0 Å². The molecule has 0 radical (unpaired) electrons. The second kappa shape index (κ2) is 5.55. The number of rotatable bonds is 3. The molecule has 1 aromatic heterocycles. The van der Waals surface area contributed by atoms with Gasteiger partial charge < -0.3 is 11.5 Å². The lowest BCUT2D eigenvalue weighted by Gasteiger charge is -2.00. The Bertz CT molecular complexity index is 404. The minimum absolute atomic E-state index is 0.0863. The average molecular weight is 240 g/mol. The quantitative estimate of drug-likeness (QED) is 0.526. The molecule has 0 amide bonds. The Morgan fingerprint density at radius 1 is 1.62 bits per heavy atom. The first-order valence-corrected chi connectivity index (χ1v) is 5.84. The van der Waals surface area contributed by atoms with E-state index in [2.05, 4.69) is 17.0 Å². The third-order valence-corrected chi connectivity index (χ3v) is 2.78. The Labute approximate surface area is 98.6 Å². The van der Waals surface area contributed by atoms with Gasteiger partial charge in [-0.1, -0.05) is 18.7 Å². The van der Waals surface area contributed by atoms with Crippen LogP contribution in [-0.4, -0.2) is 20.9 Å². The van der Waals surface area contributed by atoms with E-state index in [0.29, 0.717) is 5.75 Å². The van der Waals surface area contributed by atoms with Crippen molar-refractivity contribution in [2.75, 3.05) is 0 Å². The van der Waals surface area contributed by atoms with Crippen LogP contribution in [0.1, 0.15) is 18.3 Å². The first-order chi connectivity index (χ1) is 7.52. The maximum absolute atomic E-state index is 7.48. The molecule has 0 aliphatic carbocycles. The largest absolute Gasteiger partial charge is 0.370 e. The van der Waals surface area contributed by atoms with Crippen LogP contribution in [0.3, 0.4) is 0 Å². The second-order valence-corrected chi connectivity index (χ2v) is 4.20. The van der Waals surface area contributed by atoms with Gasteiger partial charge in [-0.05, 0) is 12.5 Å². The summed E-state index contributed by atoms with van der Waals surface area (Å²) < 4.78 is 1.81. The van der Waals surface area contributed by atoms with Crippen LogP contribution < -0.4 is 11.5 Å². The van der Waals surface area contributed by atoms with E-state index in [1.807, 2.05) is 17.8 Å². The Kier molecular flexibility index (Phi) is 4.36. The van der Waals surface area contributed by atoms with Gasteiger partial charge in [0.15, 0.2) is 11.1 Å². The van der Waals surface area contributed by atoms with Crippen LogP contribution in [0.15, 0.2) is 11.1 Å². The number of guanidine groups is 1. The lowest BCUT2D eigenvalue weighted by atomic mass is 10.3. The number of nitrogens with one attached hydrogen (secondary N) is 1. The Morgan fingerprint density at radius 2 is 2.31 bits per heavy atom. The van der Waals surface area contributed by atoms with Gasteiger partial charge in [0.05, 0.1) is 5.69 Å². The molecule has 1 heterocycles. The molecule has 7 heteroatoms. The molecule has 1 rings (SSSR count). The molecule has 88 valence electrons. The molecule has 0 unspecified atom stereocenters. The van der Waals surface area contributed by atoms with Crippen molar-refractivity contribution in [1.29, 1.82) is 5.41 Å². The lowest BCUT2D eigenvalue weighted by Crippen LogP contribution is -2.23.